The summed E-state index contributed by atoms with van der Waals surface area (Å²) < 4.78 is 22.1. The molecule has 2 aliphatic heterocycles. The molecule has 10 nitrogen and oxygen atoms in total. The van der Waals surface area contributed by atoms with Crippen molar-refractivity contribution in [3.8, 4) is 11.5 Å². The van der Waals surface area contributed by atoms with E-state index in [1.54, 1.807) is 66.4 Å². The fourth-order valence-electron chi connectivity index (χ4n) is 4.82. The van der Waals surface area contributed by atoms with Crippen LogP contribution in [-0.4, -0.2) is 61.4 Å². The molecule has 2 aromatic carbocycles. The van der Waals surface area contributed by atoms with E-state index in [-0.39, 0.29) is 61.5 Å². The number of carbonyl (C=O) groups is 4. The van der Waals surface area contributed by atoms with Gasteiger partial charge in [0.15, 0.2) is 24.8 Å². The first kappa shape index (κ1) is 28.2. The predicted octanol–water partition coefficient (Wildman–Crippen LogP) is 4.54. The Morgan fingerprint density at radius 3 is 2.66 bits per heavy atom. The highest BCUT2D eigenvalue weighted by molar-refractivity contribution is 6.30. The molecule has 2 aliphatic rings. The number of anilines is 1. The number of rotatable bonds is 9. The van der Waals surface area contributed by atoms with E-state index in [4.69, 9.17) is 30.2 Å². The van der Waals surface area contributed by atoms with E-state index in [0.717, 1.165) is 0 Å². The van der Waals surface area contributed by atoms with E-state index < -0.39 is 0 Å². The molecule has 0 saturated carbocycles. The van der Waals surface area contributed by atoms with E-state index in [9.17, 15) is 19.2 Å². The number of fused-ring (bicyclic) bond motifs is 1. The van der Waals surface area contributed by atoms with Crippen molar-refractivity contribution in [2.45, 2.75) is 26.3 Å². The second-order valence-corrected chi connectivity index (χ2v) is 10.2. The number of piperidine rings is 1. The molecule has 0 aliphatic carbocycles. The molecule has 0 radical (unpaired) electrons. The number of Topliss-reactive ketones (excluding diaryl/α,β-unsaturated/α-hetero) is 1. The van der Waals surface area contributed by atoms with Crippen molar-refractivity contribution >= 4 is 40.9 Å². The van der Waals surface area contributed by atoms with Crippen molar-refractivity contribution in [3.63, 3.8) is 0 Å². The second-order valence-electron chi connectivity index (χ2n) is 9.73. The molecule has 1 aromatic heterocycles. The predicted molar refractivity (Wildman–Crippen MR) is 148 cm³/mol. The Morgan fingerprint density at radius 1 is 1.07 bits per heavy atom. The Balaban J connectivity index is 1.27. The summed E-state index contributed by atoms with van der Waals surface area (Å²) in [7, 11) is 0. The first-order chi connectivity index (χ1) is 19.8. The van der Waals surface area contributed by atoms with Crippen LogP contribution in [0.5, 0.6) is 11.5 Å². The Kier molecular flexibility index (Phi) is 8.58. The molecule has 214 valence electrons. The van der Waals surface area contributed by atoms with Gasteiger partial charge >= 0.3 is 5.97 Å². The number of ether oxygens (including phenoxy) is 3. The van der Waals surface area contributed by atoms with Gasteiger partial charge in [-0.15, -0.1) is 0 Å². The highest BCUT2D eigenvalue weighted by Crippen LogP contribution is 2.34. The normalized spacial score (nSPS) is 16.5. The van der Waals surface area contributed by atoms with Gasteiger partial charge in [-0.25, -0.2) is 0 Å². The Bertz CT molecular complexity index is 1450. The summed E-state index contributed by atoms with van der Waals surface area (Å²) in [6, 6.07) is 14.7. The lowest BCUT2D eigenvalue weighted by Gasteiger charge is -2.31. The average Bonchev–Trinajstić information content (AvgIpc) is 3.46. The van der Waals surface area contributed by atoms with Crippen LogP contribution in [-0.2, 0) is 20.9 Å². The number of hydrogen-bond acceptors (Lipinski definition) is 8. The van der Waals surface area contributed by atoms with Crippen LogP contribution in [0, 0.1) is 5.92 Å². The third kappa shape index (κ3) is 6.54. The molecule has 1 atom stereocenters. The molecule has 1 fully saturated rings. The maximum atomic E-state index is 13.1. The molecule has 11 heteroatoms. The molecule has 3 aromatic rings. The number of carbonyl (C=O) groups excluding carboxylic acids is 4. The maximum Gasteiger partial charge on any atom is 0.310 e. The number of benzene rings is 2. The summed E-state index contributed by atoms with van der Waals surface area (Å²) in [5, 5.41) is 0.560. The number of halogens is 1. The Hall–Kier alpha value is -4.31. The fraction of sp³-hybridized carbons (Fsp3) is 0.333. The van der Waals surface area contributed by atoms with Crippen molar-refractivity contribution in [2.75, 3.05) is 37.8 Å². The number of esters is 1. The van der Waals surface area contributed by atoms with Gasteiger partial charge in [-0.05, 0) is 74.4 Å². The van der Waals surface area contributed by atoms with Gasteiger partial charge in [0.1, 0.15) is 17.3 Å². The zero-order valence-electron chi connectivity index (χ0n) is 22.5. The molecule has 41 heavy (non-hydrogen) atoms. The van der Waals surface area contributed by atoms with Gasteiger partial charge in [-0.3, -0.25) is 24.1 Å². The zero-order chi connectivity index (χ0) is 28.9. The molecule has 5 rings (SSSR count). The van der Waals surface area contributed by atoms with Crippen molar-refractivity contribution in [1.82, 2.24) is 4.90 Å². The molecular weight excluding hydrogens is 552 g/mol. The van der Waals surface area contributed by atoms with Gasteiger partial charge < -0.3 is 23.5 Å². The fourth-order valence-corrected chi connectivity index (χ4v) is 4.94. The van der Waals surface area contributed by atoms with Crippen LogP contribution in [0.1, 0.15) is 46.4 Å². The van der Waals surface area contributed by atoms with Crippen LogP contribution in [0.3, 0.4) is 0 Å². The molecule has 0 unspecified atom stereocenters. The van der Waals surface area contributed by atoms with Crippen LogP contribution in [0.2, 0.25) is 5.02 Å². The van der Waals surface area contributed by atoms with Crippen molar-refractivity contribution in [2.24, 2.45) is 5.92 Å². The molecule has 0 spiro atoms. The summed E-state index contributed by atoms with van der Waals surface area (Å²) in [5.74, 6) is -0.142. The molecule has 0 bridgehead atoms. The third-order valence-corrected chi connectivity index (χ3v) is 7.17. The van der Waals surface area contributed by atoms with E-state index in [0.29, 0.717) is 59.5 Å². The van der Waals surface area contributed by atoms with E-state index >= 15 is 0 Å². The lowest BCUT2D eigenvalue weighted by molar-refractivity contribution is -0.149. The van der Waals surface area contributed by atoms with Crippen LogP contribution in [0.4, 0.5) is 5.69 Å². The minimum Gasteiger partial charge on any atom is -0.485 e. The van der Waals surface area contributed by atoms with Crippen LogP contribution < -0.4 is 14.4 Å². The largest absolute Gasteiger partial charge is 0.485 e. The first-order valence-electron chi connectivity index (χ1n) is 13.4. The molecule has 0 N–H and O–H groups in total. The van der Waals surface area contributed by atoms with Crippen molar-refractivity contribution in [3.05, 3.63) is 76.7 Å². The Morgan fingerprint density at radius 2 is 1.88 bits per heavy atom. The van der Waals surface area contributed by atoms with Crippen LogP contribution in [0.25, 0.3) is 0 Å². The van der Waals surface area contributed by atoms with Gasteiger partial charge in [0, 0.05) is 23.7 Å². The highest BCUT2D eigenvalue weighted by Gasteiger charge is 2.32. The van der Waals surface area contributed by atoms with Gasteiger partial charge in [-0.1, -0.05) is 11.6 Å². The minimum absolute atomic E-state index is 0.0346. The zero-order valence-corrected chi connectivity index (χ0v) is 23.2. The number of nitrogens with zero attached hydrogens (tertiary/aromatic N) is 2. The number of hydrogen-bond donors (Lipinski definition) is 0. The second kappa shape index (κ2) is 12.5. The number of likely N-dealkylation sites (tertiary alicyclic amines) is 1. The highest BCUT2D eigenvalue weighted by atomic mass is 35.5. The standard InChI is InChI=1S/C30H29ClN2O8/c1-2-38-30(37)20-4-3-13-32(15-20)29(36)27-12-10-23(41-27)16-33-24-14-19(5-11-26(24)40-18-28(33)35)25(34)17-39-22-8-6-21(31)7-9-22/h5-12,14,20H,2-4,13,15-18H2,1H3/t20-/m1/s1. The first-order valence-corrected chi connectivity index (χ1v) is 13.7. The minimum atomic E-state index is -0.363. The van der Waals surface area contributed by atoms with E-state index in [2.05, 4.69) is 0 Å². The van der Waals surface area contributed by atoms with Crippen LogP contribution >= 0.6 is 11.6 Å². The van der Waals surface area contributed by atoms with Gasteiger partial charge in [-0.2, -0.15) is 0 Å². The smallest absolute Gasteiger partial charge is 0.310 e. The lowest BCUT2D eigenvalue weighted by atomic mass is 9.98. The summed E-state index contributed by atoms with van der Waals surface area (Å²) in [5.41, 5.74) is 0.758. The summed E-state index contributed by atoms with van der Waals surface area (Å²) >= 11 is 5.89. The molecular formula is C30H29ClN2O8. The SMILES string of the molecule is CCOC(=O)[C@@H]1CCCN(C(=O)c2ccc(CN3C(=O)COc4ccc(C(=O)COc5ccc(Cl)cc5)cc43)o2)C1. The maximum absolute atomic E-state index is 13.1. The summed E-state index contributed by atoms with van der Waals surface area (Å²) in [6.07, 6.45) is 1.36. The quantitative estimate of drug-likeness (QED) is 0.268. The summed E-state index contributed by atoms with van der Waals surface area (Å²) in [6.45, 7) is 2.48. The average molecular weight is 581 g/mol. The topological polar surface area (TPSA) is 116 Å². The lowest BCUT2D eigenvalue weighted by Crippen LogP contribution is -2.42. The van der Waals surface area contributed by atoms with Gasteiger partial charge in [0.25, 0.3) is 11.8 Å². The van der Waals surface area contributed by atoms with Gasteiger partial charge in [0.2, 0.25) is 0 Å². The van der Waals surface area contributed by atoms with E-state index in [1.165, 1.54) is 4.90 Å². The summed E-state index contributed by atoms with van der Waals surface area (Å²) in [4.78, 5) is 54.0. The third-order valence-electron chi connectivity index (χ3n) is 6.92. The van der Waals surface area contributed by atoms with E-state index in [1.807, 2.05) is 0 Å². The molecule has 1 saturated heterocycles. The molecule has 2 amide bonds. The molecule has 3 heterocycles. The van der Waals surface area contributed by atoms with Crippen molar-refractivity contribution < 1.29 is 37.8 Å². The van der Waals surface area contributed by atoms with Gasteiger partial charge in [0.05, 0.1) is 24.8 Å². The van der Waals surface area contributed by atoms with Crippen molar-refractivity contribution in [1.29, 1.82) is 0 Å². The Labute approximate surface area is 241 Å². The number of furan rings is 1. The number of amides is 2. The number of ketones is 1. The monoisotopic (exact) mass is 580 g/mol. The van der Waals surface area contributed by atoms with Crippen LogP contribution in [0.15, 0.2) is 59.0 Å².